The normalized spacial score (nSPS) is 12.6. The van der Waals surface area contributed by atoms with E-state index >= 15 is 0 Å². The Balaban J connectivity index is 2.15. The maximum absolute atomic E-state index is 12.4. The molecule has 0 heterocycles. The van der Waals surface area contributed by atoms with Gasteiger partial charge in [0.05, 0.1) is 21.4 Å². The number of benzene rings is 2. The van der Waals surface area contributed by atoms with E-state index in [9.17, 15) is 4.21 Å². The van der Waals surface area contributed by atoms with Gasteiger partial charge in [0.1, 0.15) is 0 Å². The van der Waals surface area contributed by atoms with Crippen molar-refractivity contribution in [2.45, 2.75) is 37.3 Å². The van der Waals surface area contributed by atoms with E-state index in [1.165, 1.54) is 5.56 Å². The average Bonchev–Trinajstić information content (AvgIpc) is 2.39. The molecule has 2 aromatic carbocycles. The monoisotopic (exact) mass is 287 g/mol. The summed E-state index contributed by atoms with van der Waals surface area (Å²) in [5.41, 5.74) is 10.0. The fraction of sp³-hybridized carbons (Fsp3) is 0.294. The lowest BCUT2D eigenvalue weighted by molar-refractivity contribution is 0.683. The molecule has 1 atom stereocenters. The van der Waals surface area contributed by atoms with E-state index in [0.717, 1.165) is 16.0 Å². The lowest BCUT2D eigenvalue weighted by Crippen LogP contribution is -2.01. The summed E-state index contributed by atoms with van der Waals surface area (Å²) in [5, 5.41) is 0. The molecule has 0 fully saturated rings. The largest absolute Gasteiger partial charge is 0.398 e. The van der Waals surface area contributed by atoms with Crippen molar-refractivity contribution in [2.75, 3.05) is 5.73 Å². The highest BCUT2D eigenvalue weighted by Crippen LogP contribution is 2.21. The van der Waals surface area contributed by atoms with Crippen LogP contribution in [0.4, 0.5) is 5.69 Å². The van der Waals surface area contributed by atoms with E-state index in [1.807, 2.05) is 25.1 Å². The highest BCUT2D eigenvalue weighted by atomic mass is 32.2. The molecule has 0 saturated heterocycles. The van der Waals surface area contributed by atoms with Crippen LogP contribution in [0.25, 0.3) is 0 Å². The van der Waals surface area contributed by atoms with Crippen LogP contribution in [0.5, 0.6) is 0 Å². The van der Waals surface area contributed by atoms with Crippen LogP contribution in [0, 0.1) is 6.92 Å². The highest BCUT2D eigenvalue weighted by molar-refractivity contribution is 7.84. The SMILES string of the molecule is Cc1ccc(S(=O)Cc2ccc(C(C)C)cc2)c(N)c1. The van der Waals surface area contributed by atoms with Gasteiger partial charge in [0.25, 0.3) is 0 Å². The van der Waals surface area contributed by atoms with Gasteiger partial charge in [-0.15, -0.1) is 0 Å². The maximum atomic E-state index is 12.4. The molecule has 1 unspecified atom stereocenters. The summed E-state index contributed by atoms with van der Waals surface area (Å²) in [5.74, 6) is 1.02. The van der Waals surface area contributed by atoms with Crippen molar-refractivity contribution in [3.8, 4) is 0 Å². The molecule has 2 nitrogen and oxygen atoms in total. The van der Waals surface area contributed by atoms with Gasteiger partial charge in [-0.25, -0.2) is 0 Å². The van der Waals surface area contributed by atoms with Crippen molar-refractivity contribution in [1.29, 1.82) is 0 Å². The Morgan fingerprint density at radius 1 is 1.10 bits per heavy atom. The molecule has 20 heavy (non-hydrogen) atoms. The van der Waals surface area contributed by atoms with Crippen LogP contribution in [0.1, 0.15) is 36.5 Å². The number of hydrogen-bond donors (Lipinski definition) is 1. The summed E-state index contributed by atoms with van der Waals surface area (Å²) in [6, 6.07) is 14.0. The van der Waals surface area contributed by atoms with Gasteiger partial charge in [-0.2, -0.15) is 0 Å². The minimum atomic E-state index is -1.10. The molecular formula is C17H21NOS. The van der Waals surface area contributed by atoms with Gasteiger partial charge >= 0.3 is 0 Å². The van der Waals surface area contributed by atoms with E-state index in [4.69, 9.17) is 5.73 Å². The number of rotatable bonds is 4. The van der Waals surface area contributed by atoms with Gasteiger partial charge in [-0.1, -0.05) is 44.2 Å². The molecular weight excluding hydrogens is 266 g/mol. The van der Waals surface area contributed by atoms with Crippen LogP contribution in [-0.4, -0.2) is 4.21 Å². The molecule has 0 aromatic heterocycles. The molecule has 3 heteroatoms. The van der Waals surface area contributed by atoms with E-state index in [0.29, 0.717) is 17.4 Å². The molecule has 2 N–H and O–H groups in total. The van der Waals surface area contributed by atoms with Gasteiger partial charge in [0.2, 0.25) is 0 Å². The Morgan fingerprint density at radius 2 is 1.75 bits per heavy atom. The quantitative estimate of drug-likeness (QED) is 0.863. The number of anilines is 1. The zero-order valence-corrected chi connectivity index (χ0v) is 13.0. The van der Waals surface area contributed by atoms with Crippen molar-refractivity contribution in [3.05, 3.63) is 59.2 Å². The van der Waals surface area contributed by atoms with Gasteiger partial charge in [-0.05, 0) is 41.7 Å². The first-order chi connectivity index (χ1) is 9.47. The van der Waals surface area contributed by atoms with Crippen LogP contribution in [0.3, 0.4) is 0 Å². The van der Waals surface area contributed by atoms with Crippen LogP contribution in [0.2, 0.25) is 0 Å². The van der Waals surface area contributed by atoms with Crippen LogP contribution >= 0.6 is 0 Å². The number of hydrogen-bond acceptors (Lipinski definition) is 2. The minimum absolute atomic E-state index is 0.506. The molecule has 0 radical (unpaired) electrons. The standard InChI is InChI=1S/C17H21NOS/c1-12(2)15-7-5-14(6-8-15)11-20(19)17-9-4-13(3)10-16(17)18/h4-10,12H,11,18H2,1-3H3. The van der Waals surface area contributed by atoms with Gasteiger partial charge < -0.3 is 5.73 Å². The van der Waals surface area contributed by atoms with Gasteiger partial charge in [0.15, 0.2) is 0 Å². The molecule has 0 saturated carbocycles. The van der Waals surface area contributed by atoms with Crippen LogP contribution in [0.15, 0.2) is 47.4 Å². The second-order valence-electron chi connectivity index (χ2n) is 5.43. The summed E-state index contributed by atoms with van der Waals surface area (Å²) in [7, 11) is -1.10. The number of nitrogens with two attached hydrogens (primary N) is 1. The lowest BCUT2D eigenvalue weighted by Gasteiger charge is -2.09. The summed E-state index contributed by atoms with van der Waals surface area (Å²) < 4.78 is 12.4. The maximum Gasteiger partial charge on any atom is 0.0621 e. The lowest BCUT2D eigenvalue weighted by atomic mass is 10.0. The fourth-order valence-electron chi connectivity index (χ4n) is 2.10. The molecule has 0 bridgehead atoms. The third-order valence-electron chi connectivity index (χ3n) is 3.35. The fourth-order valence-corrected chi connectivity index (χ4v) is 3.30. The molecule has 0 aliphatic carbocycles. The summed E-state index contributed by atoms with van der Waals surface area (Å²) in [6.45, 7) is 6.31. The van der Waals surface area contributed by atoms with Crippen LogP contribution in [-0.2, 0) is 16.6 Å². The first-order valence-corrected chi connectivity index (χ1v) is 8.12. The van der Waals surface area contributed by atoms with Crippen molar-refractivity contribution < 1.29 is 4.21 Å². The van der Waals surface area contributed by atoms with E-state index < -0.39 is 10.8 Å². The molecule has 0 spiro atoms. The average molecular weight is 287 g/mol. The van der Waals surface area contributed by atoms with Crippen molar-refractivity contribution >= 4 is 16.5 Å². The molecule has 0 aliphatic rings. The zero-order chi connectivity index (χ0) is 14.7. The Labute approximate surface area is 123 Å². The Bertz CT molecular complexity index is 617. The smallest absolute Gasteiger partial charge is 0.0621 e. The predicted molar refractivity (Wildman–Crippen MR) is 86.2 cm³/mol. The molecule has 106 valence electrons. The van der Waals surface area contributed by atoms with Crippen molar-refractivity contribution in [1.82, 2.24) is 0 Å². The van der Waals surface area contributed by atoms with Crippen molar-refractivity contribution in [3.63, 3.8) is 0 Å². The third kappa shape index (κ3) is 3.48. The minimum Gasteiger partial charge on any atom is -0.398 e. The van der Waals surface area contributed by atoms with Gasteiger partial charge in [0, 0.05) is 5.69 Å². The molecule has 0 aliphatic heterocycles. The molecule has 0 amide bonds. The van der Waals surface area contributed by atoms with E-state index in [-0.39, 0.29) is 0 Å². The Hall–Kier alpha value is -1.61. The second-order valence-corrected chi connectivity index (χ2v) is 6.85. The van der Waals surface area contributed by atoms with E-state index in [1.54, 1.807) is 0 Å². The number of nitrogen functional groups attached to an aromatic ring is 1. The van der Waals surface area contributed by atoms with Crippen molar-refractivity contribution in [2.24, 2.45) is 0 Å². The third-order valence-corrected chi connectivity index (χ3v) is 4.81. The summed E-state index contributed by atoms with van der Waals surface area (Å²) in [4.78, 5) is 0.725. The first kappa shape index (κ1) is 14.8. The molecule has 2 rings (SSSR count). The van der Waals surface area contributed by atoms with E-state index in [2.05, 4.69) is 38.1 Å². The Morgan fingerprint density at radius 3 is 2.30 bits per heavy atom. The topological polar surface area (TPSA) is 43.1 Å². The highest BCUT2D eigenvalue weighted by Gasteiger charge is 2.09. The zero-order valence-electron chi connectivity index (χ0n) is 12.2. The number of aryl methyl sites for hydroxylation is 1. The first-order valence-electron chi connectivity index (χ1n) is 6.80. The second kappa shape index (κ2) is 6.23. The summed E-state index contributed by atoms with van der Waals surface area (Å²) >= 11 is 0. The predicted octanol–water partition coefficient (Wildman–Crippen LogP) is 4.01. The van der Waals surface area contributed by atoms with Gasteiger partial charge in [-0.3, -0.25) is 4.21 Å². The van der Waals surface area contributed by atoms with Crippen LogP contribution < -0.4 is 5.73 Å². The summed E-state index contributed by atoms with van der Waals surface area (Å²) in [6.07, 6.45) is 0. The Kier molecular flexibility index (Phi) is 4.61. The molecule has 2 aromatic rings.